The molecule has 1 heterocycles. The van der Waals surface area contributed by atoms with Crippen molar-refractivity contribution in [1.82, 2.24) is 4.90 Å². The molecule has 5 fully saturated rings. The van der Waals surface area contributed by atoms with Crippen LogP contribution in [0.1, 0.15) is 85.0 Å². The van der Waals surface area contributed by atoms with Gasteiger partial charge in [-0.3, -0.25) is 9.69 Å². The normalized spacial score (nSPS) is 48.2. The molecule has 6 unspecified atom stereocenters. The zero-order chi connectivity index (χ0) is 23.5. The molecule has 0 aromatic carbocycles. The number of hydrogen-bond donors (Lipinski definition) is 2. The lowest BCUT2D eigenvalue weighted by Gasteiger charge is -2.62. The van der Waals surface area contributed by atoms with E-state index in [9.17, 15) is 15.0 Å². The van der Waals surface area contributed by atoms with Gasteiger partial charge in [-0.15, -0.1) is 0 Å². The van der Waals surface area contributed by atoms with E-state index < -0.39 is 0 Å². The molecular weight excluding hydrogens is 450 g/mol. The minimum absolute atomic E-state index is 0.0280. The summed E-state index contributed by atoms with van der Waals surface area (Å²) in [7, 11) is 0. The van der Waals surface area contributed by atoms with Crippen molar-refractivity contribution in [3.63, 3.8) is 0 Å². The zero-order valence-corrected chi connectivity index (χ0v) is 22.3. The van der Waals surface area contributed by atoms with E-state index in [4.69, 9.17) is 12.2 Å². The molecule has 0 bridgehead atoms. The van der Waals surface area contributed by atoms with Gasteiger partial charge in [0, 0.05) is 18.7 Å². The lowest BCUT2D eigenvalue weighted by atomic mass is 9.43. The summed E-state index contributed by atoms with van der Waals surface area (Å²) in [6.45, 7) is 7.96. The summed E-state index contributed by atoms with van der Waals surface area (Å²) in [6.07, 6.45) is 9.99. The van der Waals surface area contributed by atoms with Gasteiger partial charge in [-0.1, -0.05) is 44.8 Å². The monoisotopic (exact) mass is 493 g/mol. The van der Waals surface area contributed by atoms with Crippen LogP contribution in [0, 0.1) is 46.3 Å². The van der Waals surface area contributed by atoms with Gasteiger partial charge in [0.25, 0.3) is 0 Å². The van der Waals surface area contributed by atoms with Gasteiger partial charge in [0.1, 0.15) is 4.32 Å². The number of aliphatic hydroxyl groups excluding tert-OH is 2. The molecule has 33 heavy (non-hydrogen) atoms. The third-order valence-electron chi connectivity index (χ3n) is 11.4. The zero-order valence-electron chi connectivity index (χ0n) is 20.7. The number of carbonyl (C=O) groups excluding carboxylic acids is 1. The largest absolute Gasteiger partial charge is 0.393 e. The maximum Gasteiger partial charge on any atom is 0.228 e. The number of fused-ring (bicyclic) bond motifs is 5. The van der Waals surface area contributed by atoms with Crippen molar-refractivity contribution in [3.8, 4) is 0 Å². The Balaban J connectivity index is 1.29. The van der Waals surface area contributed by atoms with E-state index >= 15 is 0 Å². The summed E-state index contributed by atoms with van der Waals surface area (Å²) in [5, 5.41) is 22.0. The van der Waals surface area contributed by atoms with Gasteiger partial charge < -0.3 is 10.2 Å². The van der Waals surface area contributed by atoms with Crippen LogP contribution in [-0.4, -0.2) is 49.8 Å². The second-order valence-electron chi connectivity index (χ2n) is 12.6. The third kappa shape index (κ3) is 3.94. The van der Waals surface area contributed by atoms with E-state index in [0.29, 0.717) is 41.9 Å². The Labute approximate surface area is 209 Å². The first kappa shape index (κ1) is 24.5. The molecule has 0 spiro atoms. The molecule has 1 saturated heterocycles. The second-order valence-corrected chi connectivity index (χ2v) is 14.3. The number of rotatable bonds is 4. The van der Waals surface area contributed by atoms with Crippen LogP contribution >= 0.6 is 24.0 Å². The Kier molecular flexibility index (Phi) is 6.72. The molecule has 1 amide bonds. The van der Waals surface area contributed by atoms with Gasteiger partial charge in [0.05, 0.1) is 12.2 Å². The number of hydrogen-bond acceptors (Lipinski definition) is 5. The topological polar surface area (TPSA) is 60.8 Å². The van der Waals surface area contributed by atoms with E-state index in [1.165, 1.54) is 25.7 Å². The molecule has 1 aliphatic heterocycles. The van der Waals surface area contributed by atoms with E-state index in [2.05, 4.69) is 20.8 Å². The fraction of sp³-hybridized carbons (Fsp3) is 0.926. The summed E-state index contributed by atoms with van der Waals surface area (Å²) in [5.41, 5.74) is 0.256. The Morgan fingerprint density at radius 1 is 1.15 bits per heavy atom. The smallest absolute Gasteiger partial charge is 0.228 e. The first-order valence-electron chi connectivity index (χ1n) is 13.5. The minimum Gasteiger partial charge on any atom is -0.393 e. The van der Waals surface area contributed by atoms with E-state index in [1.807, 2.05) is 0 Å². The summed E-state index contributed by atoms with van der Waals surface area (Å²) < 4.78 is 0.744. The lowest BCUT2D eigenvalue weighted by molar-refractivity contribution is -0.175. The highest BCUT2D eigenvalue weighted by Gasteiger charge is 2.63. The molecule has 6 heteroatoms. The van der Waals surface area contributed by atoms with Gasteiger partial charge in [-0.05, 0) is 104 Å². The van der Waals surface area contributed by atoms with Crippen LogP contribution < -0.4 is 0 Å². The van der Waals surface area contributed by atoms with Crippen molar-refractivity contribution >= 4 is 34.2 Å². The molecule has 5 aliphatic rings. The molecule has 4 saturated carbocycles. The van der Waals surface area contributed by atoms with Gasteiger partial charge in [-0.2, -0.15) is 0 Å². The van der Waals surface area contributed by atoms with Crippen LogP contribution in [0.15, 0.2) is 0 Å². The Hall–Kier alpha value is -0.170. The molecule has 186 valence electrons. The van der Waals surface area contributed by atoms with Gasteiger partial charge >= 0.3 is 0 Å². The van der Waals surface area contributed by atoms with E-state index in [0.717, 1.165) is 48.7 Å². The Morgan fingerprint density at radius 2 is 1.94 bits per heavy atom. The number of thioether (sulfide) groups is 1. The van der Waals surface area contributed by atoms with Crippen molar-refractivity contribution in [1.29, 1.82) is 0 Å². The highest BCUT2D eigenvalue weighted by Crippen LogP contribution is 2.68. The van der Waals surface area contributed by atoms with Crippen molar-refractivity contribution in [2.24, 2.45) is 46.3 Å². The highest BCUT2D eigenvalue weighted by atomic mass is 32.2. The van der Waals surface area contributed by atoms with Gasteiger partial charge in [-0.25, -0.2) is 0 Å². The second kappa shape index (κ2) is 9.05. The van der Waals surface area contributed by atoms with Crippen LogP contribution in [0.3, 0.4) is 0 Å². The molecule has 4 aliphatic carbocycles. The maximum atomic E-state index is 12.7. The minimum atomic E-state index is -0.251. The van der Waals surface area contributed by atoms with Crippen molar-refractivity contribution in [2.45, 2.75) is 97.2 Å². The van der Waals surface area contributed by atoms with Crippen LogP contribution in [0.2, 0.25) is 0 Å². The van der Waals surface area contributed by atoms with Crippen molar-refractivity contribution < 1.29 is 15.0 Å². The third-order valence-corrected chi connectivity index (χ3v) is 12.8. The SMILES string of the molecule is CC(CCC(=O)N1CCSC1=S)[C@H]1CCC2C3CCC4CC(O)CC[C@]4(C)C3C[C@H](O)[C@@]21C. The number of thiocarbonyl (C=S) groups is 1. The van der Waals surface area contributed by atoms with Crippen molar-refractivity contribution in [3.05, 3.63) is 0 Å². The standard InChI is InChI=1S/C27H43NO3S2/c1-16(4-9-24(31)28-12-13-33-25(28)32)20-7-8-21-19-6-5-17-14-18(29)10-11-26(17,2)22(19)15-23(30)27(20,21)3/h16-23,29-30H,4-15H2,1-3H3/t16?,17?,18?,19?,20-,21?,22?,23+,26+,27-/m1/s1. The van der Waals surface area contributed by atoms with E-state index in [1.54, 1.807) is 16.7 Å². The molecule has 0 radical (unpaired) electrons. The predicted octanol–water partition coefficient (Wildman–Crippen LogP) is 5.25. The van der Waals surface area contributed by atoms with Gasteiger partial charge in [0.15, 0.2) is 0 Å². The predicted molar refractivity (Wildman–Crippen MR) is 138 cm³/mol. The molecule has 4 nitrogen and oxygen atoms in total. The Morgan fingerprint density at radius 3 is 2.67 bits per heavy atom. The molecule has 10 atom stereocenters. The molecule has 0 aromatic heterocycles. The molecule has 0 aromatic rings. The maximum absolute atomic E-state index is 12.7. The Bertz CT molecular complexity index is 791. The van der Waals surface area contributed by atoms with Crippen LogP contribution in [0.5, 0.6) is 0 Å². The summed E-state index contributed by atoms with van der Waals surface area (Å²) in [5.74, 6) is 4.58. The number of nitrogens with zero attached hydrogens (tertiary/aromatic N) is 1. The first-order chi connectivity index (χ1) is 15.7. The van der Waals surface area contributed by atoms with Crippen LogP contribution in [0.4, 0.5) is 0 Å². The summed E-state index contributed by atoms with van der Waals surface area (Å²) in [4.78, 5) is 14.5. The quantitative estimate of drug-likeness (QED) is 0.524. The fourth-order valence-electron chi connectivity index (χ4n) is 9.47. The van der Waals surface area contributed by atoms with Crippen LogP contribution in [0.25, 0.3) is 0 Å². The molecule has 5 rings (SSSR count). The average molecular weight is 494 g/mol. The van der Waals surface area contributed by atoms with Crippen molar-refractivity contribution in [2.75, 3.05) is 12.3 Å². The average Bonchev–Trinajstić information content (AvgIpc) is 3.37. The molecular formula is C27H43NO3S2. The van der Waals surface area contributed by atoms with Gasteiger partial charge in [0.2, 0.25) is 5.91 Å². The number of aliphatic hydroxyl groups is 2. The van der Waals surface area contributed by atoms with E-state index in [-0.39, 0.29) is 28.9 Å². The fourth-order valence-corrected chi connectivity index (χ4v) is 10.7. The summed E-state index contributed by atoms with van der Waals surface area (Å²) >= 11 is 6.96. The highest BCUT2D eigenvalue weighted by molar-refractivity contribution is 8.23. The number of carbonyl (C=O) groups is 1. The number of amides is 1. The molecule has 2 N–H and O–H groups in total. The lowest BCUT2D eigenvalue weighted by Crippen LogP contribution is -2.58. The first-order valence-corrected chi connectivity index (χ1v) is 14.9. The van der Waals surface area contributed by atoms with Crippen LogP contribution in [-0.2, 0) is 4.79 Å². The summed E-state index contributed by atoms with van der Waals surface area (Å²) in [6, 6.07) is 0.